The Morgan fingerprint density at radius 1 is 1.33 bits per heavy atom. The van der Waals surface area contributed by atoms with Gasteiger partial charge in [0.25, 0.3) is 5.91 Å². The van der Waals surface area contributed by atoms with Crippen LogP contribution < -0.4 is 5.32 Å². The molecular weight excluding hydrogens is 302 g/mol. The first kappa shape index (κ1) is 15.7. The minimum atomic E-state index is -1.12. The van der Waals surface area contributed by atoms with E-state index in [1.54, 1.807) is 4.90 Å². The van der Waals surface area contributed by atoms with Gasteiger partial charge in [0.05, 0.1) is 10.6 Å². The highest BCUT2D eigenvalue weighted by molar-refractivity contribution is 6.33. The van der Waals surface area contributed by atoms with E-state index in [9.17, 15) is 18.4 Å². The maximum absolute atomic E-state index is 13.1. The van der Waals surface area contributed by atoms with Crippen LogP contribution in [0.15, 0.2) is 12.1 Å². The molecule has 1 aromatic carbocycles. The summed E-state index contributed by atoms with van der Waals surface area (Å²) in [7, 11) is 0. The second kappa shape index (κ2) is 6.85. The Hall–Kier alpha value is -1.69. The van der Waals surface area contributed by atoms with Crippen LogP contribution in [0.2, 0.25) is 5.02 Å². The van der Waals surface area contributed by atoms with Crippen molar-refractivity contribution in [3.05, 3.63) is 34.4 Å². The molecule has 1 fully saturated rings. The van der Waals surface area contributed by atoms with Gasteiger partial charge >= 0.3 is 0 Å². The standard InChI is InChI=1S/C14H15ClF2N2O2/c15-10-8-12(17)11(16)7-9(10)14(21)18-4-2-6-19-5-1-3-13(19)20/h7-8H,1-6H2,(H,18,21). The molecule has 0 bridgehead atoms. The summed E-state index contributed by atoms with van der Waals surface area (Å²) in [6.07, 6.45) is 2.05. The van der Waals surface area contributed by atoms with Gasteiger partial charge in [-0.05, 0) is 25.0 Å². The van der Waals surface area contributed by atoms with Crippen LogP contribution in [0.1, 0.15) is 29.6 Å². The van der Waals surface area contributed by atoms with Gasteiger partial charge in [-0.15, -0.1) is 0 Å². The zero-order valence-corrected chi connectivity index (χ0v) is 12.1. The third-order valence-corrected chi connectivity index (χ3v) is 3.63. The molecule has 4 nitrogen and oxygen atoms in total. The monoisotopic (exact) mass is 316 g/mol. The Morgan fingerprint density at radius 2 is 2.05 bits per heavy atom. The van der Waals surface area contributed by atoms with Crippen molar-refractivity contribution < 1.29 is 18.4 Å². The molecule has 2 amide bonds. The molecule has 0 atom stereocenters. The number of benzene rings is 1. The van der Waals surface area contributed by atoms with Gasteiger partial charge in [-0.3, -0.25) is 9.59 Å². The minimum absolute atomic E-state index is 0.104. The number of hydrogen-bond donors (Lipinski definition) is 1. The van der Waals surface area contributed by atoms with Gasteiger partial charge in [-0.25, -0.2) is 8.78 Å². The van der Waals surface area contributed by atoms with Crippen molar-refractivity contribution in [3.63, 3.8) is 0 Å². The first-order valence-electron chi connectivity index (χ1n) is 6.69. The van der Waals surface area contributed by atoms with Crippen LogP contribution in [0.5, 0.6) is 0 Å². The molecule has 0 aromatic heterocycles. The number of carbonyl (C=O) groups is 2. The number of nitrogens with one attached hydrogen (secondary N) is 1. The van der Waals surface area contributed by atoms with Gasteiger partial charge < -0.3 is 10.2 Å². The van der Waals surface area contributed by atoms with Crippen LogP contribution in [0.3, 0.4) is 0 Å². The second-order valence-electron chi connectivity index (χ2n) is 4.84. The molecule has 2 rings (SSSR count). The van der Waals surface area contributed by atoms with E-state index >= 15 is 0 Å². The zero-order valence-electron chi connectivity index (χ0n) is 11.3. The normalized spacial score (nSPS) is 14.6. The summed E-state index contributed by atoms with van der Waals surface area (Å²) in [5.41, 5.74) is -0.104. The summed E-state index contributed by atoms with van der Waals surface area (Å²) in [5, 5.41) is 2.44. The Kier molecular flexibility index (Phi) is 5.12. The largest absolute Gasteiger partial charge is 0.352 e. The number of rotatable bonds is 5. The maximum atomic E-state index is 13.1. The average Bonchev–Trinajstić information content (AvgIpc) is 2.84. The number of likely N-dealkylation sites (tertiary alicyclic amines) is 1. The lowest BCUT2D eigenvalue weighted by Gasteiger charge is -2.15. The molecule has 1 N–H and O–H groups in total. The first-order chi connectivity index (χ1) is 9.99. The topological polar surface area (TPSA) is 49.4 Å². The fourth-order valence-corrected chi connectivity index (χ4v) is 2.44. The van der Waals surface area contributed by atoms with E-state index < -0.39 is 17.5 Å². The van der Waals surface area contributed by atoms with Gasteiger partial charge in [0, 0.05) is 26.1 Å². The van der Waals surface area contributed by atoms with Crippen molar-refractivity contribution in [2.75, 3.05) is 19.6 Å². The Labute approximate surface area is 126 Å². The molecule has 0 saturated carbocycles. The first-order valence-corrected chi connectivity index (χ1v) is 7.07. The highest BCUT2D eigenvalue weighted by Crippen LogP contribution is 2.19. The van der Waals surface area contributed by atoms with Crippen LogP contribution in [0.4, 0.5) is 8.78 Å². The molecule has 21 heavy (non-hydrogen) atoms. The smallest absolute Gasteiger partial charge is 0.252 e. The SMILES string of the molecule is O=C(NCCCN1CCCC1=O)c1cc(F)c(F)cc1Cl. The summed E-state index contributed by atoms with van der Waals surface area (Å²) in [6.45, 7) is 1.66. The quantitative estimate of drug-likeness (QED) is 0.669. The molecule has 1 heterocycles. The van der Waals surface area contributed by atoms with Crippen LogP contribution in [0.25, 0.3) is 0 Å². The van der Waals surface area contributed by atoms with Gasteiger partial charge in [0.15, 0.2) is 11.6 Å². The molecule has 1 aliphatic rings. The van der Waals surface area contributed by atoms with E-state index in [0.29, 0.717) is 25.9 Å². The van der Waals surface area contributed by atoms with Gasteiger partial charge in [-0.2, -0.15) is 0 Å². The minimum Gasteiger partial charge on any atom is -0.352 e. The van der Waals surface area contributed by atoms with Crippen molar-refractivity contribution >= 4 is 23.4 Å². The Bertz CT molecular complexity index is 566. The fourth-order valence-electron chi connectivity index (χ4n) is 2.20. The van der Waals surface area contributed by atoms with E-state index in [1.807, 2.05) is 0 Å². The van der Waals surface area contributed by atoms with Crippen molar-refractivity contribution in [2.24, 2.45) is 0 Å². The number of hydrogen-bond acceptors (Lipinski definition) is 2. The predicted molar refractivity (Wildman–Crippen MR) is 74.1 cm³/mol. The third kappa shape index (κ3) is 3.91. The molecule has 0 spiro atoms. The van der Waals surface area contributed by atoms with Gasteiger partial charge in [0.2, 0.25) is 5.91 Å². The molecule has 114 valence electrons. The molecule has 0 aliphatic carbocycles. The van der Waals surface area contributed by atoms with Crippen LogP contribution in [-0.2, 0) is 4.79 Å². The van der Waals surface area contributed by atoms with Crippen molar-refractivity contribution in [2.45, 2.75) is 19.3 Å². The van der Waals surface area contributed by atoms with E-state index in [2.05, 4.69) is 5.32 Å². The van der Waals surface area contributed by atoms with E-state index in [1.165, 1.54) is 0 Å². The number of carbonyl (C=O) groups excluding carboxylic acids is 2. The van der Waals surface area contributed by atoms with Crippen molar-refractivity contribution in [1.29, 1.82) is 0 Å². The van der Waals surface area contributed by atoms with E-state index in [4.69, 9.17) is 11.6 Å². The second-order valence-corrected chi connectivity index (χ2v) is 5.25. The van der Waals surface area contributed by atoms with Crippen molar-refractivity contribution in [3.8, 4) is 0 Å². The van der Waals surface area contributed by atoms with E-state index in [-0.39, 0.29) is 16.5 Å². The van der Waals surface area contributed by atoms with Gasteiger partial charge in [0.1, 0.15) is 0 Å². The molecule has 0 radical (unpaired) electrons. The predicted octanol–water partition coefficient (Wildman–Crippen LogP) is 2.36. The highest BCUT2D eigenvalue weighted by atomic mass is 35.5. The van der Waals surface area contributed by atoms with E-state index in [0.717, 1.165) is 25.1 Å². The van der Waals surface area contributed by atoms with Crippen LogP contribution >= 0.6 is 11.6 Å². The summed E-state index contributed by atoms with van der Waals surface area (Å²) in [4.78, 5) is 25.0. The lowest BCUT2D eigenvalue weighted by molar-refractivity contribution is -0.127. The molecule has 0 unspecified atom stereocenters. The van der Waals surface area contributed by atoms with Crippen molar-refractivity contribution in [1.82, 2.24) is 10.2 Å². The Balaban J connectivity index is 1.82. The van der Waals surface area contributed by atoms with Crippen LogP contribution in [0, 0.1) is 11.6 Å². The summed E-state index contributed by atoms with van der Waals surface area (Å²) < 4.78 is 26.0. The van der Waals surface area contributed by atoms with Gasteiger partial charge in [-0.1, -0.05) is 11.6 Å². The summed E-state index contributed by atoms with van der Waals surface area (Å²) >= 11 is 5.71. The average molecular weight is 317 g/mol. The zero-order chi connectivity index (χ0) is 15.4. The third-order valence-electron chi connectivity index (χ3n) is 3.32. The number of amides is 2. The maximum Gasteiger partial charge on any atom is 0.252 e. The number of nitrogens with zero attached hydrogens (tertiary/aromatic N) is 1. The number of halogens is 3. The lowest BCUT2D eigenvalue weighted by atomic mass is 10.2. The molecule has 1 saturated heterocycles. The Morgan fingerprint density at radius 3 is 2.71 bits per heavy atom. The molecular formula is C14H15ClF2N2O2. The summed E-state index contributed by atoms with van der Waals surface area (Å²) in [5.74, 6) is -2.65. The summed E-state index contributed by atoms with van der Waals surface area (Å²) in [6, 6.07) is 1.55. The fraction of sp³-hybridized carbons (Fsp3) is 0.429. The van der Waals surface area contributed by atoms with Crippen LogP contribution in [-0.4, -0.2) is 36.3 Å². The lowest BCUT2D eigenvalue weighted by Crippen LogP contribution is -2.30. The molecule has 1 aromatic rings. The highest BCUT2D eigenvalue weighted by Gasteiger charge is 2.19. The molecule has 1 aliphatic heterocycles. The molecule has 7 heteroatoms.